The molecule has 212 valence electrons. The average molecular weight is 591 g/mol. The second-order valence-corrected chi connectivity index (χ2v) is 11.6. The third kappa shape index (κ3) is 6.78. The van der Waals surface area contributed by atoms with E-state index >= 15 is 0 Å². The van der Waals surface area contributed by atoms with Gasteiger partial charge in [-0.15, -0.1) is 11.3 Å². The molecule has 3 aromatic rings. The topological polar surface area (TPSA) is 65.5 Å². The van der Waals surface area contributed by atoms with Crippen LogP contribution in [0.15, 0.2) is 47.8 Å². The summed E-state index contributed by atoms with van der Waals surface area (Å²) in [6.45, 7) is 2.71. The van der Waals surface area contributed by atoms with E-state index in [2.05, 4.69) is 10.3 Å². The van der Waals surface area contributed by atoms with Gasteiger partial charge >= 0.3 is 6.18 Å². The molecule has 0 aliphatic carbocycles. The number of nitrogens with zero attached hydrogens (tertiary/aromatic N) is 3. The summed E-state index contributed by atoms with van der Waals surface area (Å²) >= 11 is 7.30. The third-order valence-electron chi connectivity index (χ3n) is 7.51. The molecular weight excluding hydrogens is 561 g/mol. The molecule has 2 saturated heterocycles. The van der Waals surface area contributed by atoms with Crippen molar-refractivity contribution in [1.29, 1.82) is 0 Å². The molecule has 2 fully saturated rings. The molecule has 2 amide bonds. The van der Waals surface area contributed by atoms with Crippen molar-refractivity contribution in [3.8, 4) is 0 Å². The molecule has 0 radical (unpaired) electrons. The zero-order valence-electron chi connectivity index (χ0n) is 21.8. The first-order valence-electron chi connectivity index (χ1n) is 13.4. The van der Waals surface area contributed by atoms with Crippen molar-refractivity contribution in [2.45, 2.75) is 50.6 Å². The molecule has 2 aliphatic rings. The molecule has 0 bridgehead atoms. The summed E-state index contributed by atoms with van der Waals surface area (Å²) in [5.41, 5.74) is 1.17. The van der Waals surface area contributed by atoms with Gasteiger partial charge in [0.2, 0.25) is 5.91 Å². The highest BCUT2D eigenvalue weighted by Crippen LogP contribution is 2.37. The minimum absolute atomic E-state index is 0.113. The Labute approximate surface area is 240 Å². The number of likely N-dealkylation sites (tertiary alicyclic amines) is 1. The highest BCUT2D eigenvalue weighted by Gasteiger charge is 2.32. The molecule has 40 heavy (non-hydrogen) atoms. The van der Waals surface area contributed by atoms with Crippen molar-refractivity contribution < 1.29 is 22.8 Å². The summed E-state index contributed by atoms with van der Waals surface area (Å²) < 4.78 is 40.2. The van der Waals surface area contributed by atoms with Crippen LogP contribution in [-0.4, -0.2) is 47.9 Å². The fraction of sp³-hybridized carbons (Fsp3) is 0.414. The third-order valence-corrected chi connectivity index (χ3v) is 8.77. The zero-order chi connectivity index (χ0) is 28.3. The van der Waals surface area contributed by atoms with Crippen LogP contribution in [0.1, 0.15) is 64.6 Å². The number of piperidine rings is 1. The van der Waals surface area contributed by atoms with Gasteiger partial charge in [-0.1, -0.05) is 23.7 Å². The maximum Gasteiger partial charge on any atom is 0.416 e. The van der Waals surface area contributed by atoms with Gasteiger partial charge in [-0.05, 0) is 68.0 Å². The molecule has 2 aromatic carbocycles. The molecule has 0 atom stereocenters. The molecule has 0 unspecified atom stereocenters. The number of hydrogen-bond acceptors (Lipinski definition) is 5. The number of hydrogen-bond donors (Lipinski definition) is 1. The van der Waals surface area contributed by atoms with Crippen molar-refractivity contribution in [2.75, 3.05) is 36.4 Å². The first-order valence-corrected chi connectivity index (χ1v) is 14.7. The van der Waals surface area contributed by atoms with Gasteiger partial charge in [0.1, 0.15) is 5.69 Å². The molecule has 1 N–H and O–H groups in total. The Morgan fingerprint density at radius 3 is 2.40 bits per heavy atom. The predicted molar refractivity (Wildman–Crippen MR) is 151 cm³/mol. The Morgan fingerprint density at radius 1 is 1.02 bits per heavy atom. The van der Waals surface area contributed by atoms with Crippen molar-refractivity contribution >= 4 is 46.1 Å². The molecule has 6 nitrogen and oxygen atoms in total. The molecule has 1 aromatic heterocycles. The number of rotatable bonds is 7. The predicted octanol–water partition coefficient (Wildman–Crippen LogP) is 7.01. The number of carbonyl (C=O) groups is 2. The highest BCUT2D eigenvalue weighted by molar-refractivity contribution is 7.10. The van der Waals surface area contributed by atoms with Crippen LogP contribution in [0.3, 0.4) is 0 Å². The van der Waals surface area contributed by atoms with E-state index < -0.39 is 17.6 Å². The van der Waals surface area contributed by atoms with Crippen LogP contribution < -0.4 is 10.2 Å². The smallest absolute Gasteiger partial charge is 0.370 e. The monoisotopic (exact) mass is 590 g/mol. The van der Waals surface area contributed by atoms with Gasteiger partial charge in [-0.25, -0.2) is 4.98 Å². The lowest BCUT2D eigenvalue weighted by Gasteiger charge is -2.31. The quantitative estimate of drug-likeness (QED) is 0.322. The van der Waals surface area contributed by atoms with Crippen molar-refractivity contribution in [2.24, 2.45) is 0 Å². The fourth-order valence-corrected chi connectivity index (χ4v) is 6.35. The summed E-state index contributed by atoms with van der Waals surface area (Å²) in [6.07, 6.45) is -0.0206. The number of aromatic nitrogens is 1. The van der Waals surface area contributed by atoms with Crippen LogP contribution >= 0.6 is 22.9 Å². The van der Waals surface area contributed by atoms with Gasteiger partial charge in [0, 0.05) is 48.9 Å². The summed E-state index contributed by atoms with van der Waals surface area (Å²) in [6, 6.07) is 11.0. The van der Waals surface area contributed by atoms with E-state index in [1.54, 1.807) is 5.38 Å². The standard InChI is InChI=1S/C29H30ClF3N4O2S/c30-22-7-3-19(4-8-22)5-10-26(38)37-15-11-20(12-16-37)28-35-24(18-40-28)27(39)34-23-17-21(29(31,32)33)6-9-25(23)36-13-1-2-14-36/h3-4,6-9,17-18,20H,1-2,5,10-16H2,(H,34,39). The Morgan fingerprint density at radius 2 is 1.73 bits per heavy atom. The van der Waals surface area contributed by atoms with E-state index in [1.165, 1.54) is 17.4 Å². The van der Waals surface area contributed by atoms with Crippen LogP contribution in [0.5, 0.6) is 0 Å². The van der Waals surface area contributed by atoms with Crippen molar-refractivity contribution in [3.63, 3.8) is 0 Å². The van der Waals surface area contributed by atoms with Crippen LogP contribution in [0.25, 0.3) is 0 Å². The van der Waals surface area contributed by atoms with Crippen LogP contribution in [0.4, 0.5) is 24.5 Å². The fourth-order valence-electron chi connectivity index (χ4n) is 5.25. The number of amides is 2. The van der Waals surface area contributed by atoms with Gasteiger partial charge in [0.25, 0.3) is 5.91 Å². The lowest BCUT2D eigenvalue weighted by atomic mass is 9.97. The number of benzene rings is 2. The molecule has 2 aliphatic heterocycles. The maximum atomic E-state index is 13.4. The SMILES string of the molecule is O=C(Nc1cc(C(F)(F)F)ccc1N1CCCC1)c1csc(C2CCN(C(=O)CCc3ccc(Cl)cc3)CC2)n1. The number of aryl methyl sites for hydroxylation is 1. The Bertz CT molecular complexity index is 1350. The number of halogens is 4. The lowest BCUT2D eigenvalue weighted by Crippen LogP contribution is -2.38. The lowest BCUT2D eigenvalue weighted by molar-refractivity contribution is -0.137. The maximum absolute atomic E-state index is 13.4. The Balaban J connectivity index is 1.19. The van der Waals surface area contributed by atoms with Gasteiger partial charge in [-0.2, -0.15) is 13.2 Å². The Kier molecular flexibility index (Phi) is 8.65. The minimum atomic E-state index is -4.51. The second-order valence-electron chi connectivity index (χ2n) is 10.2. The van der Waals surface area contributed by atoms with Gasteiger partial charge in [0.15, 0.2) is 0 Å². The first-order chi connectivity index (χ1) is 19.2. The summed E-state index contributed by atoms with van der Waals surface area (Å²) in [7, 11) is 0. The van der Waals surface area contributed by atoms with Crippen LogP contribution in [-0.2, 0) is 17.4 Å². The zero-order valence-corrected chi connectivity index (χ0v) is 23.4. The van der Waals surface area contributed by atoms with Gasteiger partial charge in [0.05, 0.1) is 21.9 Å². The second kappa shape index (κ2) is 12.2. The normalized spacial score (nSPS) is 16.4. The van der Waals surface area contributed by atoms with Crippen molar-refractivity contribution in [3.05, 3.63) is 74.7 Å². The molecule has 0 saturated carbocycles. The molecular formula is C29H30ClF3N4O2S. The number of anilines is 2. The molecule has 0 spiro atoms. The van der Waals surface area contributed by atoms with E-state index in [9.17, 15) is 22.8 Å². The van der Waals surface area contributed by atoms with Gasteiger partial charge < -0.3 is 15.1 Å². The van der Waals surface area contributed by atoms with E-state index in [1.807, 2.05) is 34.1 Å². The number of nitrogens with one attached hydrogen (secondary N) is 1. The van der Waals surface area contributed by atoms with E-state index in [-0.39, 0.29) is 23.2 Å². The molecule has 3 heterocycles. The molecule has 5 rings (SSSR count). The van der Waals surface area contributed by atoms with Crippen LogP contribution in [0.2, 0.25) is 5.02 Å². The van der Waals surface area contributed by atoms with Gasteiger partial charge in [-0.3, -0.25) is 9.59 Å². The highest BCUT2D eigenvalue weighted by atomic mass is 35.5. The summed E-state index contributed by atoms with van der Waals surface area (Å²) in [4.78, 5) is 34.2. The van der Waals surface area contributed by atoms with E-state index in [4.69, 9.17) is 11.6 Å². The average Bonchev–Trinajstić information content (AvgIpc) is 3.65. The summed E-state index contributed by atoms with van der Waals surface area (Å²) in [5, 5.41) is 5.82. The minimum Gasteiger partial charge on any atom is -0.370 e. The largest absolute Gasteiger partial charge is 0.416 e. The van der Waals surface area contributed by atoms with Crippen molar-refractivity contribution in [1.82, 2.24) is 9.88 Å². The number of thiazole rings is 1. The van der Waals surface area contributed by atoms with E-state index in [0.717, 1.165) is 61.5 Å². The number of alkyl halides is 3. The van der Waals surface area contributed by atoms with Crippen LogP contribution in [0, 0.1) is 0 Å². The first kappa shape index (κ1) is 28.4. The summed E-state index contributed by atoms with van der Waals surface area (Å²) in [5.74, 6) is -0.292. The molecule has 11 heteroatoms. The Hall–Kier alpha value is -3.11. The number of carbonyl (C=O) groups excluding carboxylic acids is 2. The van der Waals surface area contributed by atoms with E-state index in [0.29, 0.717) is 36.6 Å².